The summed E-state index contributed by atoms with van der Waals surface area (Å²) >= 11 is 0. The fourth-order valence-corrected chi connectivity index (χ4v) is 1.46. The zero-order valence-electron chi connectivity index (χ0n) is 8.74. The van der Waals surface area contributed by atoms with E-state index in [1.54, 1.807) is 24.3 Å². The Morgan fingerprint density at radius 2 is 1.65 bits per heavy atom. The van der Waals surface area contributed by atoms with Gasteiger partial charge in [-0.15, -0.1) is 0 Å². The number of hydrogen-bond acceptors (Lipinski definition) is 2. The summed E-state index contributed by atoms with van der Waals surface area (Å²) in [5.74, 6) is -1.30. The van der Waals surface area contributed by atoms with E-state index in [0.717, 1.165) is 6.07 Å². The van der Waals surface area contributed by atoms with Crippen LogP contribution in [-0.2, 0) is 0 Å². The van der Waals surface area contributed by atoms with Gasteiger partial charge in [0.05, 0.1) is 11.6 Å². The lowest BCUT2D eigenvalue weighted by Crippen LogP contribution is -1.92. The summed E-state index contributed by atoms with van der Waals surface area (Å²) in [6.07, 6.45) is 0. The van der Waals surface area contributed by atoms with Gasteiger partial charge in [0.2, 0.25) is 0 Å². The van der Waals surface area contributed by atoms with Crippen molar-refractivity contribution in [3.63, 3.8) is 0 Å². The van der Waals surface area contributed by atoms with Gasteiger partial charge in [-0.2, -0.15) is 5.26 Å². The normalized spacial score (nSPS) is 9.71. The predicted octanol–water partition coefficient (Wildman–Crippen LogP) is 3.58. The van der Waals surface area contributed by atoms with Crippen LogP contribution in [0.25, 0.3) is 0 Å². The molecular weight excluding hydrogens is 222 g/mol. The number of benzene rings is 2. The van der Waals surface area contributed by atoms with Crippen molar-refractivity contribution in [1.29, 1.82) is 5.26 Å². The molecule has 0 radical (unpaired) electrons. The van der Waals surface area contributed by atoms with Gasteiger partial charge in [0.15, 0.2) is 0 Å². The van der Waals surface area contributed by atoms with Crippen molar-refractivity contribution >= 4 is 11.4 Å². The van der Waals surface area contributed by atoms with Crippen LogP contribution in [0.15, 0.2) is 42.5 Å². The third-order valence-electron chi connectivity index (χ3n) is 2.14. The highest BCUT2D eigenvalue weighted by Crippen LogP contribution is 2.19. The molecule has 0 saturated heterocycles. The first-order valence-electron chi connectivity index (χ1n) is 4.90. The Hall–Kier alpha value is -2.41. The quantitative estimate of drug-likeness (QED) is 0.855. The lowest BCUT2D eigenvalue weighted by Gasteiger charge is -2.06. The average Bonchev–Trinajstić information content (AvgIpc) is 2.28. The fourth-order valence-electron chi connectivity index (χ4n) is 1.46. The maximum Gasteiger partial charge on any atom is 0.128 e. The summed E-state index contributed by atoms with van der Waals surface area (Å²) in [5.41, 5.74) is 1.39. The topological polar surface area (TPSA) is 35.8 Å². The van der Waals surface area contributed by atoms with Crippen molar-refractivity contribution < 1.29 is 8.78 Å². The van der Waals surface area contributed by atoms with Crippen LogP contribution in [0.5, 0.6) is 0 Å². The standard InChI is InChI=1S/C13H8F2N2/c14-10-5-11(15)7-13(6-10)17-12-3-1-2-9(4-12)8-16/h1-7,17H. The van der Waals surface area contributed by atoms with E-state index in [1.165, 1.54) is 12.1 Å². The molecule has 84 valence electrons. The van der Waals surface area contributed by atoms with Crippen LogP contribution in [-0.4, -0.2) is 0 Å². The lowest BCUT2D eigenvalue weighted by atomic mass is 10.2. The molecule has 1 N–H and O–H groups in total. The van der Waals surface area contributed by atoms with Crippen LogP contribution in [0.1, 0.15) is 5.56 Å². The largest absolute Gasteiger partial charge is 0.355 e. The zero-order valence-corrected chi connectivity index (χ0v) is 8.74. The number of nitrogens with one attached hydrogen (secondary N) is 1. The molecule has 0 amide bonds. The van der Waals surface area contributed by atoms with E-state index in [-0.39, 0.29) is 0 Å². The maximum atomic E-state index is 12.9. The third kappa shape index (κ3) is 2.79. The molecule has 4 heteroatoms. The number of anilines is 2. The first-order chi connectivity index (χ1) is 8.17. The summed E-state index contributed by atoms with van der Waals surface area (Å²) in [6.45, 7) is 0. The van der Waals surface area contributed by atoms with Gasteiger partial charge in [-0.05, 0) is 30.3 Å². The van der Waals surface area contributed by atoms with Crippen molar-refractivity contribution in [2.45, 2.75) is 0 Å². The van der Waals surface area contributed by atoms with Crippen molar-refractivity contribution in [2.24, 2.45) is 0 Å². The lowest BCUT2D eigenvalue weighted by molar-refractivity contribution is 0.584. The number of halogens is 2. The van der Waals surface area contributed by atoms with E-state index in [0.29, 0.717) is 16.9 Å². The van der Waals surface area contributed by atoms with Crippen LogP contribution in [0.4, 0.5) is 20.2 Å². The number of rotatable bonds is 2. The molecule has 0 aliphatic heterocycles. The van der Waals surface area contributed by atoms with E-state index in [4.69, 9.17) is 5.26 Å². The van der Waals surface area contributed by atoms with Crippen molar-refractivity contribution in [2.75, 3.05) is 5.32 Å². The molecule has 0 spiro atoms. The van der Waals surface area contributed by atoms with Gasteiger partial charge in [0.25, 0.3) is 0 Å². The molecule has 2 nitrogen and oxygen atoms in total. The van der Waals surface area contributed by atoms with Crippen molar-refractivity contribution in [3.8, 4) is 6.07 Å². The molecule has 0 aliphatic rings. The Morgan fingerprint density at radius 3 is 2.29 bits per heavy atom. The second-order valence-electron chi connectivity index (χ2n) is 3.48. The maximum absolute atomic E-state index is 12.9. The van der Waals surface area contributed by atoms with Crippen LogP contribution in [0.2, 0.25) is 0 Å². The Balaban J connectivity index is 2.28. The summed E-state index contributed by atoms with van der Waals surface area (Å²) in [5, 5.41) is 11.5. The molecule has 0 aromatic heterocycles. The Bertz CT molecular complexity index is 568. The average molecular weight is 230 g/mol. The first kappa shape index (κ1) is 11.1. The van der Waals surface area contributed by atoms with Crippen molar-refractivity contribution in [3.05, 3.63) is 59.7 Å². The van der Waals surface area contributed by atoms with Gasteiger partial charge >= 0.3 is 0 Å². The SMILES string of the molecule is N#Cc1cccc(Nc2cc(F)cc(F)c2)c1. The molecule has 0 atom stereocenters. The van der Waals surface area contributed by atoms with Gasteiger partial charge in [0.1, 0.15) is 11.6 Å². The van der Waals surface area contributed by atoms with Gasteiger partial charge in [-0.1, -0.05) is 6.07 Å². The van der Waals surface area contributed by atoms with Crippen molar-refractivity contribution in [1.82, 2.24) is 0 Å². The van der Waals surface area contributed by atoms with Crippen LogP contribution in [0.3, 0.4) is 0 Å². The molecule has 0 unspecified atom stereocenters. The monoisotopic (exact) mass is 230 g/mol. The molecular formula is C13H8F2N2. The smallest absolute Gasteiger partial charge is 0.128 e. The van der Waals surface area contributed by atoms with Gasteiger partial charge in [0, 0.05) is 17.4 Å². The summed E-state index contributed by atoms with van der Waals surface area (Å²) in [7, 11) is 0. The molecule has 0 aliphatic carbocycles. The predicted molar refractivity (Wildman–Crippen MR) is 60.8 cm³/mol. The highest BCUT2D eigenvalue weighted by Gasteiger charge is 2.01. The molecule has 2 rings (SSSR count). The minimum Gasteiger partial charge on any atom is -0.355 e. The minimum atomic E-state index is -0.649. The zero-order chi connectivity index (χ0) is 12.3. The summed E-state index contributed by atoms with van der Waals surface area (Å²) in [6, 6.07) is 11.8. The third-order valence-corrected chi connectivity index (χ3v) is 2.14. The van der Waals surface area contributed by atoms with E-state index in [2.05, 4.69) is 5.32 Å². The highest BCUT2D eigenvalue weighted by atomic mass is 19.1. The van der Waals surface area contributed by atoms with Gasteiger partial charge in [-0.25, -0.2) is 8.78 Å². The molecule has 0 fully saturated rings. The second kappa shape index (κ2) is 4.62. The molecule has 17 heavy (non-hydrogen) atoms. The van der Waals surface area contributed by atoms with E-state index in [9.17, 15) is 8.78 Å². The van der Waals surface area contributed by atoms with Crippen LogP contribution >= 0.6 is 0 Å². The number of nitrogens with zero attached hydrogens (tertiary/aromatic N) is 1. The number of nitriles is 1. The second-order valence-corrected chi connectivity index (χ2v) is 3.48. The Kier molecular flexibility index (Phi) is 3.01. The first-order valence-corrected chi connectivity index (χ1v) is 4.90. The molecule has 0 bridgehead atoms. The number of hydrogen-bond donors (Lipinski definition) is 1. The molecule has 0 saturated carbocycles. The van der Waals surface area contributed by atoms with E-state index < -0.39 is 11.6 Å². The molecule has 0 heterocycles. The Morgan fingerprint density at radius 1 is 0.941 bits per heavy atom. The van der Waals surface area contributed by atoms with E-state index in [1.807, 2.05) is 6.07 Å². The minimum absolute atomic E-state index is 0.303. The molecule has 2 aromatic carbocycles. The highest BCUT2D eigenvalue weighted by molar-refractivity contribution is 5.61. The summed E-state index contributed by atoms with van der Waals surface area (Å²) in [4.78, 5) is 0. The van der Waals surface area contributed by atoms with Crippen LogP contribution in [0, 0.1) is 23.0 Å². The van der Waals surface area contributed by atoms with Crippen LogP contribution < -0.4 is 5.32 Å². The van der Waals surface area contributed by atoms with Gasteiger partial charge < -0.3 is 5.32 Å². The van der Waals surface area contributed by atoms with E-state index >= 15 is 0 Å². The fraction of sp³-hybridized carbons (Fsp3) is 0. The summed E-state index contributed by atoms with van der Waals surface area (Å²) < 4.78 is 25.9. The molecule has 2 aromatic rings. The van der Waals surface area contributed by atoms with Gasteiger partial charge in [-0.3, -0.25) is 0 Å². The Labute approximate surface area is 97.1 Å².